The summed E-state index contributed by atoms with van der Waals surface area (Å²) in [7, 11) is 3.58. The van der Waals surface area contributed by atoms with Crippen molar-refractivity contribution < 1.29 is 4.79 Å². The van der Waals surface area contributed by atoms with Crippen LogP contribution in [0.15, 0.2) is 11.1 Å². The van der Waals surface area contributed by atoms with Gasteiger partial charge in [-0.1, -0.05) is 25.7 Å². The molecule has 0 aromatic carbocycles. The number of nitrogens with zero attached hydrogens (tertiary/aromatic N) is 3. The van der Waals surface area contributed by atoms with Crippen LogP contribution in [-0.2, 0) is 7.05 Å². The number of hydrogen-bond donors (Lipinski definition) is 0. The van der Waals surface area contributed by atoms with Gasteiger partial charge in [0.05, 0.1) is 16.6 Å². The number of rotatable bonds is 2. The maximum absolute atomic E-state index is 12.9. The summed E-state index contributed by atoms with van der Waals surface area (Å²) in [6.45, 7) is 1.86. The predicted molar refractivity (Wildman–Crippen MR) is 93.2 cm³/mol. The molecule has 0 spiro atoms. The molecule has 1 aliphatic rings. The third-order valence-electron chi connectivity index (χ3n) is 4.90. The highest BCUT2D eigenvalue weighted by molar-refractivity contribution is 7.20. The van der Waals surface area contributed by atoms with Gasteiger partial charge in [0, 0.05) is 20.1 Å². The standard InChI is InChI=1S/C17H23N3O2S/c1-11-13-15(18-10-19(2)16(13)21)23-14(11)17(22)20(3)12-8-6-4-5-7-9-12/h10,12H,4-9H2,1-3H3. The molecule has 2 aromatic heterocycles. The number of carbonyl (C=O) groups is 1. The highest BCUT2D eigenvalue weighted by atomic mass is 32.1. The number of carbonyl (C=O) groups excluding carboxylic acids is 1. The Labute approximate surface area is 139 Å². The van der Waals surface area contributed by atoms with E-state index in [1.807, 2.05) is 18.9 Å². The van der Waals surface area contributed by atoms with E-state index in [2.05, 4.69) is 4.98 Å². The smallest absolute Gasteiger partial charge is 0.264 e. The van der Waals surface area contributed by atoms with E-state index >= 15 is 0 Å². The minimum atomic E-state index is -0.0834. The zero-order chi connectivity index (χ0) is 16.6. The molecule has 1 fully saturated rings. The van der Waals surface area contributed by atoms with E-state index < -0.39 is 0 Å². The summed E-state index contributed by atoms with van der Waals surface area (Å²) in [5.74, 6) is 0.0273. The molecule has 124 valence electrons. The van der Waals surface area contributed by atoms with E-state index in [1.54, 1.807) is 7.05 Å². The van der Waals surface area contributed by atoms with E-state index in [4.69, 9.17) is 0 Å². The van der Waals surface area contributed by atoms with Gasteiger partial charge in [-0.25, -0.2) is 4.98 Å². The minimum absolute atomic E-state index is 0.0273. The van der Waals surface area contributed by atoms with Crippen molar-refractivity contribution >= 4 is 27.5 Å². The maximum atomic E-state index is 12.9. The normalized spacial score (nSPS) is 16.5. The van der Waals surface area contributed by atoms with E-state index in [0.717, 1.165) is 18.4 Å². The van der Waals surface area contributed by atoms with Crippen molar-refractivity contribution in [1.82, 2.24) is 14.5 Å². The zero-order valence-electron chi connectivity index (χ0n) is 14.0. The summed E-state index contributed by atoms with van der Waals surface area (Å²) in [6, 6.07) is 0.311. The van der Waals surface area contributed by atoms with Crippen LogP contribution < -0.4 is 5.56 Å². The van der Waals surface area contributed by atoms with Gasteiger partial charge in [-0.2, -0.15) is 0 Å². The molecule has 0 bridgehead atoms. The largest absolute Gasteiger partial charge is 0.338 e. The van der Waals surface area contributed by atoms with Gasteiger partial charge in [0.25, 0.3) is 11.5 Å². The Morgan fingerprint density at radius 2 is 1.96 bits per heavy atom. The van der Waals surface area contributed by atoms with Crippen LogP contribution in [0.3, 0.4) is 0 Å². The van der Waals surface area contributed by atoms with Crippen LogP contribution in [0.25, 0.3) is 10.2 Å². The molecule has 0 aliphatic heterocycles. The molecule has 0 radical (unpaired) electrons. The van der Waals surface area contributed by atoms with Crippen LogP contribution in [0.4, 0.5) is 0 Å². The summed E-state index contributed by atoms with van der Waals surface area (Å²) in [4.78, 5) is 32.7. The molecule has 0 saturated heterocycles. The van der Waals surface area contributed by atoms with Crippen LogP contribution in [0.2, 0.25) is 0 Å². The molecule has 0 unspecified atom stereocenters. The Morgan fingerprint density at radius 3 is 2.61 bits per heavy atom. The van der Waals surface area contributed by atoms with Gasteiger partial charge >= 0.3 is 0 Å². The molecule has 2 heterocycles. The van der Waals surface area contributed by atoms with Crippen molar-refractivity contribution in [2.45, 2.75) is 51.5 Å². The first-order valence-electron chi connectivity index (χ1n) is 8.22. The summed E-state index contributed by atoms with van der Waals surface area (Å²) in [5, 5.41) is 0.581. The highest BCUT2D eigenvalue weighted by Gasteiger charge is 2.26. The molecule has 0 atom stereocenters. The molecule has 2 aromatic rings. The molecule has 1 amide bonds. The predicted octanol–water partition coefficient (Wildman–Crippen LogP) is 3.10. The Balaban J connectivity index is 1.96. The van der Waals surface area contributed by atoms with E-state index in [0.29, 0.717) is 21.1 Å². The van der Waals surface area contributed by atoms with Gasteiger partial charge in [-0.05, 0) is 25.3 Å². The molecule has 0 N–H and O–H groups in total. The van der Waals surface area contributed by atoms with Crippen LogP contribution in [0.5, 0.6) is 0 Å². The highest BCUT2D eigenvalue weighted by Crippen LogP contribution is 2.29. The Hall–Kier alpha value is -1.69. The second kappa shape index (κ2) is 6.43. The van der Waals surface area contributed by atoms with E-state index in [-0.39, 0.29) is 11.5 Å². The number of aryl methyl sites for hydroxylation is 2. The Morgan fingerprint density at radius 1 is 1.30 bits per heavy atom. The van der Waals surface area contributed by atoms with Crippen LogP contribution in [0.1, 0.15) is 53.8 Å². The summed E-state index contributed by atoms with van der Waals surface area (Å²) < 4.78 is 1.46. The second-order valence-corrected chi connectivity index (χ2v) is 7.46. The topological polar surface area (TPSA) is 55.2 Å². The third-order valence-corrected chi connectivity index (χ3v) is 6.09. The number of thiophene rings is 1. The van der Waals surface area contributed by atoms with Crippen molar-refractivity contribution in [3.63, 3.8) is 0 Å². The fraction of sp³-hybridized carbons (Fsp3) is 0.588. The number of hydrogen-bond acceptors (Lipinski definition) is 4. The van der Waals surface area contributed by atoms with Gasteiger partial charge in [0.2, 0.25) is 0 Å². The molecular weight excluding hydrogens is 310 g/mol. The summed E-state index contributed by atoms with van der Waals surface area (Å²) in [5.41, 5.74) is 0.684. The van der Waals surface area contributed by atoms with Gasteiger partial charge in [0.1, 0.15) is 4.83 Å². The molecule has 5 nitrogen and oxygen atoms in total. The van der Waals surface area contributed by atoms with Gasteiger partial charge in [-0.3, -0.25) is 9.59 Å². The first-order chi connectivity index (χ1) is 11.0. The summed E-state index contributed by atoms with van der Waals surface area (Å²) >= 11 is 1.34. The molecular formula is C17H23N3O2S. The number of aromatic nitrogens is 2. The molecule has 1 saturated carbocycles. The lowest BCUT2D eigenvalue weighted by Crippen LogP contribution is -2.36. The first-order valence-corrected chi connectivity index (χ1v) is 9.04. The third kappa shape index (κ3) is 2.92. The van der Waals surface area contributed by atoms with Gasteiger partial charge < -0.3 is 9.47 Å². The lowest BCUT2D eigenvalue weighted by atomic mass is 10.1. The lowest BCUT2D eigenvalue weighted by molar-refractivity contribution is 0.0722. The number of amides is 1. The fourth-order valence-corrected chi connectivity index (χ4v) is 4.51. The first kappa shape index (κ1) is 16.2. The Bertz CT molecular complexity index is 785. The van der Waals surface area contributed by atoms with Crippen molar-refractivity contribution in [3.05, 3.63) is 27.1 Å². The fourth-order valence-electron chi connectivity index (χ4n) is 3.38. The molecule has 6 heteroatoms. The van der Waals surface area contributed by atoms with Crippen molar-refractivity contribution in [1.29, 1.82) is 0 Å². The van der Waals surface area contributed by atoms with E-state index in [1.165, 1.54) is 47.9 Å². The Kier molecular flexibility index (Phi) is 4.53. The maximum Gasteiger partial charge on any atom is 0.264 e. The second-order valence-electron chi connectivity index (χ2n) is 6.46. The van der Waals surface area contributed by atoms with Crippen molar-refractivity contribution in [2.75, 3.05) is 7.05 Å². The minimum Gasteiger partial charge on any atom is -0.338 e. The number of fused-ring (bicyclic) bond motifs is 1. The molecule has 1 aliphatic carbocycles. The van der Waals surface area contributed by atoms with Crippen molar-refractivity contribution in [3.8, 4) is 0 Å². The quantitative estimate of drug-likeness (QED) is 0.794. The van der Waals surface area contributed by atoms with Gasteiger partial charge in [0.15, 0.2) is 0 Å². The van der Waals surface area contributed by atoms with Crippen LogP contribution in [-0.4, -0.2) is 33.4 Å². The summed E-state index contributed by atoms with van der Waals surface area (Å²) in [6.07, 6.45) is 8.58. The van der Waals surface area contributed by atoms with Gasteiger partial charge in [-0.15, -0.1) is 11.3 Å². The SMILES string of the molecule is Cc1c(C(=O)N(C)C2CCCCCC2)sc2ncn(C)c(=O)c12. The molecule has 3 rings (SSSR count). The van der Waals surface area contributed by atoms with Crippen LogP contribution in [0, 0.1) is 6.92 Å². The monoisotopic (exact) mass is 333 g/mol. The average molecular weight is 333 g/mol. The molecule has 23 heavy (non-hydrogen) atoms. The van der Waals surface area contributed by atoms with Crippen molar-refractivity contribution in [2.24, 2.45) is 7.05 Å². The zero-order valence-corrected chi connectivity index (χ0v) is 14.8. The average Bonchev–Trinajstić information content (AvgIpc) is 2.73. The lowest BCUT2D eigenvalue weighted by Gasteiger charge is -2.27. The van der Waals surface area contributed by atoms with Crippen LogP contribution >= 0.6 is 11.3 Å². The van der Waals surface area contributed by atoms with E-state index in [9.17, 15) is 9.59 Å².